The molecule has 2 aromatic rings. The number of hydrogen-bond acceptors (Lipinski definition) is 0. The van der Waals surface area contributed by atoms with Crippen molar-refractivity contribution in [3.05, 3.63) is 70.0 Å². The second-order valence-corrected chi connectivity index (χ2v) is 7.84. The summed E-state index contributed by atoms with van der Waals surface area (Å²) >= 11 is 5.76. The standard InChI is InChI=1S/C24H26ClF/c1-2-18-3-5-19(6-4-18)7-8-20-9-11-21(12-10-20)13-14-22-15-16-23(25)17-24(22)26/h9-12,15-19H,2-8H2,1H3. The minimum atomic E-state index is -0.376. The SMILES string of the molecule is CCC1CCC(CCc2ccc(C#Cc3ccc(Cl)cc3F)cc2)CC1. The predicted octanol–water partition coefficient (Wildman–Crippen LogP) is 7.03. The highest BCUT2D eigenvalue weighted by Crippen LogP contribution is 2.33. The molecule has 0 saturated heterocycles. The van der Waals surface area contributed by atoms with Crippen LogP contribution in [0, 0.1) is 29.5 Å². The molecule has 0 amide bonds. The molecule has 0 atom stereocenters. The van der Waals surface area contributed by atoms with Crippen molar-refractivity contribution in [2.75, 3.05) is 0 Å². The van der Waals surface area contributed by atoms with Gasteiger partial charge in [-0.05, 0) is 60.6 Å². The lowest BCUT2D eigenvalue weighted by Gasteiger charge is -2.27. The molecule has 0 aliphatic heterocycles. The van der Waals surface area contributed by atoms with E-state index >= 15 is 0 Å². The molecular weight excluding hydrogens is 343 g/mol. The van der Waals surface area contributed by atoms with E-state index in [2.05, 4.69) is 30.9 Å². The van der Waals surface area contributed by atoms with Crippen molar-refractivity contribution in [3.8, 4) is 11.8 Å². The first-order valence-corrected chi connectivity index (χ1v) is 10.1. The fraction of sp³-hybridized carbons (Fsp3) is 0.417. The monoisotopic (exact) mass is 368 g/mol. The van der Waals surface area contributed by atoms with Gasteiger partial charge in [0.05, 0.1) is 5.56 Å². The van der Waals surface area contributed by atoms with Crippen LogP contribution in [0.4, 0.5) is 4.39 Å². The Kier molecular flexibility index (Phi) is 6.75. The van der Waals surface area contributed by atoms with E-state index in [1.165, 1.54) is 50.2 Å². The Labute approximate surface area is 161 Å². The highest BCUT2D eigenvalue weighted by Gasteiger charge is 2.19. The van der Waals surface area contributed by atoms with E-state index < -0.39 is 0 Å². The van der Waals surface area contributed by atoms with Crippen LogP contribution in [0.5, 0.6) is 0 Å². The van der Waals surface area contributed by atoms with Gasteiger partial charge in [0.1, 0.15) is 5.82 Å². The van der Waals surface area contributed by atoms with Gasteiger partial charge in [-0.15, -0.1) is 0 Å². The average molecular weight is 369 g/mol. The van der Waals surface area contributed by atoms with Crippen molar-refractivity contribution in [2.24, 2.45) is 11.8 Å². The molecule has 2 heteroatoms. The van der Waals surface area contributed by atoms with Crippen molar-refractivity contribution in [2.45, 2.75) is 51.9 Å². The van der Waals surface area contributed by atoms with E-state index in [1.807, 2.05) is 12.1 Å². The third-order valence-electron chi connectivity index (χ3n) is 5.61. The van der Waals surface area contributed by atoms with E-state index in [0.717, 1.165) is 23.8 Å². The smallest absolute Gasteiger partial charge is 0.140 e. The van der Waals surface area contributed by atoms with Gasteiger partial charge in [0.2, 0.25) is 0 Å². The van der Waals surface area contributed by atoms with Crippen molar-refractivity contribution < 1.29 is 4.39 Å². The molecule has 1 aliphatic carbocycles. The molecule has 1 saturated carbocycles. The van der Waals surface area contributed by atoms with Crippen LogP contribution in [0.3, 0.4) is 0 Å². The molecule has 136 valence electrons. The van der Waals surface area contributed by atoms with E-state index in [4.69, 9.17) is 11.6 Å². The van der Waals surface area contributed by atoms with Crippen molar-refractivity contribution in [1.82, 2.24) is 0 Å². The fourth-order valence-electron chi connectivity index (χ4n) is 3.78. The van der Waals surface area contributed by atoms with Crippen LogP contribution < -0.4 is 0 Å². The Morgan fingerprint density at radius 3 is 2.31 bits per heavy atom. The summed E-state index contributed by atoms with van der Waals surface area (Å²) in [5, 5.41) is 0.389. The predicted molar refractivity (Wildman–Crippen MR) is 108 cm³/mol. The summed E-state index contributed by atoms with van der Waals surface area (Å²) in [7, 11) is 0. The molecule has 0 heterocycles. The highest BCUT2D eigenvalue weighted by molar-refractivity contribution is 6.30. The topological polar surface area (TPSA) is 0 Å². The molecule has 26 heavy (non-hydrogen) atoms. The summed E-state index contributed by atoms with van der Waals surface area (Å²) in [6.07, 6.45) is 9.39. The minimum Gasteiger partial charge on any atom is -0.206 e. The number of halogens is 2. The number of rotatable bonds is 4. The van der Waals surface area contributed by atoms with Crippen LogP contribution in [-0.4, -0.2) is 0 Å². The second kappa shape index (κ2) is 9.24. The molecular formula is C24H26ClF. The Bertz CT molecular complexity index is 774. The van der Waals surface area contributed by atoms with E-state index in [0.29, 0.717) is 10.6 Å². The van der Waals surface area contributed by atoms with Gasteiger partial charge >= 0.3 is 0 Å². The molecule has 3 rings (SSSR count). The summed E-state index contributed by atoms with van der Waals surface area (Å²) in [5.74, 6) is 7.40. The van der Waals surface area contributed by atoms with Gasteiger partial charge in [-0.1, -0.05) is 74.6 Å². The lowest BCUT2D eigenvalue weighted by Crippen LogP contribution is -2.14. The molecule has 0 N–H and O–H groups in total. The second-order valence-electron chi connectivity index (χ2n) is 7.40. The van der Waals surface area contributed by atoms with E-state index in [-0.39, 0.29) is 5.82 Å². The lowest BCUT2D eigenvalue weighted by molar-refractivity contribution is 0.259. The Balaban J connectivity index is 1.53. The molecule has 1 aliphatic rings. The van der Waals surface area contributed by atoms with Crippen LogP contribution in [0.15, 0.2) is 42.5 Å². The summed E-state index contributed by atoms with van der Waals surface area (Å²) in [4.78, 5) is 0. The summed E-state index contributed by atoms with van der Waals surface area (Å²) in [5.41, 5.74) is 2.65. The number of hydrogen-bond donors (Lipinski definition) is 0. The largest absolute Gasteiger partial charge is 0.206 e. The average Bonchev–Trinajstić information content (AvgIpc) is 2.67. The fourth-order valence-corrected chi connectivity index (χ4v) is 3.94. The van der Waals surface area contributed by atoms with Gasteiger partial charge in [0.15, 0.2) is 0 Å². The Hall–Kier alpha value is -1.78. The maximum atomic E-state index is 13.8. The van der Waals surface area contributed by atoms with Crippen LogP contribution in [-0.2, 0) is 6.42 Å². The van der Waals surface area contributed by atoms with E-state index in [9.17, 15) is 4.39 Å². The summed E-state index contributed by atoms with van der Waals surface area (Å²) < 4.78 is 13.8. The zero-order valence-electron chi connectivity index (χ0n) is 15.4. The molecule has 0 aromatic heterocycles. The van der Waals surface area contributed by atoms with Gasteiger partial charge in [-0.2, -0.15) is 0 Å². The molecule has 0 bridgehead atoms. The normalized spacial score (nSPS) is 19.7. The molecule has 0 nitrogen and oxygen atoms in total. The quantitative estimate of drug-likeness (QED) is 0.508. The van der Waals surface area contributed by atoms with Gasteiger partial charge < -0.3 is 0 Å². The lowest BCUT2D eigenvalue weighted by atomic mass is 9.78. The number of benzene rings is 2. The van der Waals surface area contributed by atoms with Crippen molar-refractivity contribution in [3.63, 3.8) is 0 Å². The van der Waals surface area contributed by atoms with Crippen molar-refractivity contribution >= 4 is 11.6 Å². The van der Waals surface area contributed by atoms with Gasteiger partial charge in [0, 0.05) is 10.6 Å². The molecule has 0 unspecified atom stereocenters. The third-order valence-corrected chi connectivity index (χ3v) is 5.85. The van der Waals surface area contributed by atoms with Gasteiger partial charge in [-0.3, -0.25) is 0 Å². The van der Waals surface area contributed by atoms with Gasteiger partial charge in [-0.25, -0.2) is 4.39 Å². The Morgan fingerprint density at radius 2 is 1.65 bits per heavy atom. The van der Waals surface area contributed by atoms with Crippen LogP contribution >= 0.6 is 11.6 Å². The molecule has 2 aromatic carbocycles. The zero-order chi connectivity index (χ0) is 18.4. The Morgan fingerprint density at radius 1 is 0.962 bits per heavy atom. The van der Waals surface area contributed by atoms with Gasteiger partial charge in [0.25, 0.3) is 0 Å². The van der Waals surface area contributed by atoms with Crippen LogP contribution in [0.2, 0.25) is 5.02 Å². The first-order chi connectivity index (χ1) is 12.6. The molecule has 0 radical (unpaired) electrons. The van der Waals surface area contributed by atoms with E-state index in [1.54, 1.807) is 12.1 Å². The van der Waals surface area contributed by atoms with Crippen LogP contribution in [0.25, 0.3) is 0 Å². The first-order valence-electron chi connectivity index (χ1n) is 9.70. The summed E-state index contributed by atoms with van der Waals surface area (Å²) in [6, 6.07) is 12.9. The third kappa shape index (κ3) is 5.36. The summed E-state index contributed by atoms with van der Waals surface area (Å²) in [6.45, 7) is 2.32. The molecule has 0 spiro atoms. The van der Waals surface area contributed by atoms with Crippen LogP contribution in [0.1, 0.15) is 62.1 Å². The highest BCUT2D eigenvalue weighted by atomic mass is 35.5. The first kappa shape index (κ1) is 19.0. The minimum absolute atomic E-state index is 0.376. The van der Waals surface area contributed by atoms with Crippen molar-refractivity contribution in [1.29, 1.82) is 0 Å². The molecule has 1 fully saturated rings. The maximum Gasteiger partial charge on any atom is 0.140 e. The number of aryl methyl sites for hydroxylation is 1. The zero-order valence-corrected chi connectivity index (χ0v) is 16.2. The maximum absolute atomic E-state index is 13.8.